The fourth-order valence-electron chi connectivity index (χ4n) is 4.42. The summed E-state index contributed by atoms with van der Waals surface area (Å²) in [6, 6.07) is 2.27. The number of fused-ring (bicyclic) bond motifs is 4. The number of rotatable bonds is 3. The van der Waals surface area contributed by atoms with Crippen LogP contribution in [0.25, 0.3) is 0 Å². The lowest BCUT2D eigenvalue weighted by atomic mass is 9.94. The SMILES string of the molecule is Cc1[nH]cnc1CN1C[C@@H]2CC[C@H](C1)N(C(=O)c1ccn(C(C)(C)C)c1)C2. The number of aromatic amines is 1. The molecule has 3 aliphatic rings. The third kappa shape index (κ3) is 3.68. The maximum absolute atomic E-state index is 13.2. The number of amides is 1. The highest BCUT2D eigenvalue weighted by Crippen LogP contribution is 2.30. The number of hydrogen-bond donors (Lipinski definition) is 1. The second-order valence-corrected chi connectivity index (χ2v) is 9.20. The molecule has 2 aromatic rings. The Balaban J connectivity index is 1.49. The van der Waals surface area contributed by atoms with Crippen LogP contribution in [-0.2, 0) is 12.1 Å². The second kappa shape index (κ2) is 6.82. The number of piperidine rings is 1. The molecule has 3 fully saturated rings. The van der Waals surface area contributed by atoms with Crippen LogP contribution >= 0.6 is 0 Å². The van der Waals surface area contributed by atoms with Gasteiger partial charge in [-0.15, -0.1) is 0 Å². The van der Waals surface area contributed by atoms with Gasteiger partial charge in [-0.1, -0.05) is 0 Å². The van der Waals surface area contributed by atoms with Crippen LogP contribution in [0.3, 0.4) is 0 Å². The number of nitrogens with one attached hydrogen (secondary N) is 1. The van der Waals surface area contributed by atoms with Gasteiger partial charge in [-0.3, -0.25) is 9.69 Å². The number of imidazole rings is 1. The van der Waals surface area contributed by atoms with Gasteiger partial charge in [0.05, 0.1) is 17.6 Å². The van der Waals surface area contributed by atoms with E-state index in [0.717, 1.165) is 49.6 Å². The van der Waals surface area contributed by atoms with Crippen molar-refractivity contribution in [3.05, 3.63) is 41.7 Å². The predicted molar refractivity (Wildman–Crippen MR) is 106 cm³/mol. The van der Waals surface area contributed by atoms with Crippen LogP contribution in [0.5, 0.6) is 0 Å². The summed E-state index contributed by atoms with van der Waals surface area (Å²) in [6.45, 7) is 12.3. The van der Waals surface area contributed by atoms with Crippen LogP contribution in [-0.4, -0.2) is 55.9 Å². The first kappa shape index (κ1) is 18.3. The monoisotopic (exact) mass is 369 g/mol. The van der Waals surface area contributed by atoms with E-state index in [-0.39, 0.29) is 11.4 Å². The minimum absolute atomic E-state index is 0.00542. The maximum Gasteiger partial charge on any atom is 0.255 e. The molecule has 1 amide bonds. The lowest BCUT2D eigenvalue weighted by molar-refractivity contribution is 0.0584. The average Bonchev–Trinajstić information content (AvgIpc) is 3.16. The van der Waals surface area contributed by atoms with E-state index in [2.05, 4.69) is 52.0 Å². The zero-order chi connectivity index (χ0) is 19.2. The number of aromatic nitrogens is 3. The average molecular weight is 370 g/mol. The van der Waals surface area contributed by atoms with E-state index in [1.807, 2.05) is 18.5 Å². The Bertz CT molecular complexity index is 815. The molecule has 0 radical (unpaired) electrons. The summed E-state index contributed by atoms with van der Waals surface area (Å²) < 4.78 is 2.13. The topological polar surface area (TPSA) is 57.2 Å². The molecule has 2 atom stereocenters. The zero-order valence-electron chi connectivity index (χ0n) is 16.9. The molecule has 5 rings (SSSR count). The summed E-state index contributed by atoms with van der Waals surface area (Å²) in [4.78, 5) is 25.5. The van der Waals surface area contributed by atoms with Crippen molar-refractivity contribution in [3.63, 3.8) is 0 Å². The fraction of sp³-hybridized carbons (Fsp3) is 0.619. The molecule has 2 bridgehead atoms. The van der Waals surface area contributed by atoms with E-state index in [1.54, 1.807) is 6.33 Å². The van der Waals surface area contributed by atoms with Crippen molar-refractivity contribution in [2.24, 2.45) is 5.92 Å². The van der Waals surface area contributed by atoms with E-state index in [1.165, 1.54) is 6.42 Å². The van der Waals surface area contributed by atoms with Crippen LogP contribution in [0.4, 0.5) is 0 Å². The summed E-state index contributed by atoms with van der Waals surface area (Å²) in [5, 5.41) is 0. The lowest BCUT2D eigenvalue weighted by Gasteiger charge is -2.36. The summed E-state index contributed by atoms with van der Waals surface area (Å²) in [7, 11) is 0. The highest BCUT2D eigenvalue weighted by atomic mass is 16.2. The minimum atomic E-state index is -0.00542. The molecule has 27 heavy (non-hydrogen) atoms. The number of hydrogen-bond acceptors (Lipinski definition) is 3. The van der Waals surface area contributed by atoms with Gasteiger partial charge >= 0.3 is 0 Å². The third-order valence-corrected chi connectivity index (χ3v) is 6.07. The summed E-state index contributed by atoms with van der Waals surface area (Å²) in [5.41, 5.74) is 3.07. The van der Waals surface area contributed by atoms with E-state index in [9.17, 15) is 4.79 Å². The van der Waals surface area contributed by atoms with Crippen molar-refractivity contribution >= 4 is 5.91 Å². The van der Waals surface area contributed by atoms with Gasteiger partial charge in [0, 0.05) is 55.8 Å². The Labute approximate surface area is 161 Å². The predicted octanol–water partition coefficient (Wildman–Crippen LogP) is 3.01. The summed E-state index contributed by atoms with van der Waals surface area (Å²) >= 11 is 0. The highest BCUT2D eigenvalue weighted by Gasteiger charge is 2.38. The fourth-order valence-corrected chi connectivity index (χ4v) is 4.42. The molecule has 0 spiro atoms. The number of carbonyl (C=O) groups excluding carboxylic acids is 1. The lowest BCUT2D eigenvalue weighted by Crippen LogP contribution is -2.47. The Kier molecular flexibility index (Phi) is 4.62. The van der Waals surface area contributed by atoms with E-state index in [4.69, 9.17) is 0 Å². The van der Waals surface area contributed by atoms with Gasteiger partial charge in [-0.2, -0.15) is 0 Å². The van der Waals surface area contributed by atoms with Gasteiger partial charge in [-0.05, 0) is 52.5 Å². The van der Waals surface area contributed by atoms with Crippen molar-refractivity contribution in [3.8, 4) is 0 Å². The van der Waals surface area contributed by atoms with Gasteiger partial charge in [0.1, 0.15) is 0 Å². The van der Waals surface area contributed by atoms with Crippen molar-refractivity contribution in [1.82, 2.24) is 24.3 Å². The first-order chi connectivity index (χ1) is 12.8. The number of H-pyrrole nitrogens is 1. The van der Waals surface area contributed by atoms with Crippen molar-refractivity contribution in [2.45, 2.75) is 58.7 Å². The molecule has 6 nitrogen and oxygen atoms in total. The standard InChI is InChI=1S/C21H31N5O/c1-15-19(23-14-22-15)13-24-9-16-5-6-18(12-24)26(10-16)20(27)17-7-8-25(11-17)21(2,3)4/h7-8,11,14,16,18H,5-6,9-10,12-13H2,1-4H3,(H,22,23)/t16-,18+/m0/s1. The highest BCUT2D eigenvalue weighted by molar-refractivity contribution is 5.94. The Morgan fingerprint density at radius 1 is 1.26 bits per heavy atom. The molecule has 3 aliphatic heterocycles. The number of carbonyl (C=O) groups is 1. The largest absolute Gasteiger partial charge is 0.348 e. The van der Waals surface area contributed by atoms with Crippen molar-refractivity contribution < 1.29 is 4.79 Å². The van der Waals surface area contributed by atoms with Gasteiger partial charge in [0.15, 0.2) is 0 Å². The van der Waals surface area contributed by atoms with Gasteiger partial charge in [0.2, 0.25) is 0 Å². The molecule has 0 aromatic carbocycles. The van der Waals surface area contributed by atoms with Crippen LogP contribution in [0, 0.1) is 12.8 Å². The zero-order valence-corrected chi connectivity index (χ0v) is 16.9. The second-order valence-electron chi connectivity index (χ2n) is 9.20. The molecule has 0 unspecified atom stereocenters. The molecular weight excluding hydrogens is 338 g/mol. The van der Waals surface area contributed by atoms with Crippen LogP contribution in [0.15, 0.2) is 24.8 Å². The molecule has 3 saturated heterocycles. The van der Waals surface area contributed by atoms with E-state index >= 15 is 0 Å². The summed E-state index contributed by atoms with van der Waals surface area (Å²) in [6.07, 6.45) is 8.12. The van der Waals surface area contributed by atoms with E-state index < -0.39 is 0 Å². The normalized spacial score (nSPS) is 23.6. The molecule has 146 valence electrons. The molecule has 1 N–H and O–H groups in total. The van der Waals surface area contributed by atoms with Crippen molar-refractivity contribution in [2.75, 3.05) is 19.6 Å². The Morgan fingerprint density at radius 3 is 2.74 bits per heavy atom. The molecule has 5 heterocycles. The Hall–Kier alpha value is -2.08. The van der Waals surface area contributed by atoms with Crippen LogP contribution < -0.4 is 0 Å². The van der Waals surface area contributed by atoms with Crippen LogP contribution in [0.1, 0.15) is 55.4 Å². The molecule has 0 aliphatic carbocycles. The minimum Gasteiger partial charge on any atom is -0.348 e. The molecule has 0 saturated carbocycles. The van der Waals surface area contributed by atoms with Gasteiger partial charge < -0.3 is 14.5 Å². The van der Waals surface area contributed by atoms with Gasteiger partial charge in [0.25, 0.3) is 5.91 Å². The van der Waals surface area contributed by atoms with Crippen molar-refractivity contribution in [1.29, 1.82) is 0 Å². The van der Waals surface area contributed by atoms with Crippen LogP contribution in [0.2, 0.25) is 0 Å². The molecular formula is C21H31N5O. The van der Waals surface area contributed by atoms with Gasteiger partial charge in [-0.25, -0.2) is 4.98 Å². The van der Waals surface area contributed by atoms with E-state index in [0.29, 0.717) is 12.0 Å². The molecule has 2 aromatic heterocycles. The number of nitrogens with zero attached hydrogens (tertiary/aromatic N) is 4. The first-order valence-corrected chi connectivity index (χ1v) is 10.0. The third-order valence-electron chi connectivity index (χ3n) is 6.07. The smallest absolute Gasteiger partial charge is 0.255 e. The maximum atomic E-state index is 13.2. The number of aryl methyl sites for hydroxylation is 1. The summed E-state index contributed by atoms with van der Waals surface area (Å²) in [5.74, 6) is 0.738. The first-order valence-electron chi connectivity index (χ1n) is 10.0. The quantitative estimate of drug-likeness (QED) is 0.905. The molecule has 6 heteroatoms. The Morgan fingerprint density at radius 2 is 2.07 bits per heavy atom.